The third kappa shape index (κ3) is 4.96. The molecule has 1 heterocycles. The van der Waals surface area contributed by atoms with Crippen LogP contribution in [0.15, 0.2) is 29.2 Å². The summed E-state index contributed by atoms with van der Waals surface area (Å²) in [7, 11) is -2.11. The average Bonchev–Trinajstić information content (AvgIpc) is 3.29. The van der Waals surface area contributed by atoms with Crippen molar-refractivity contribution in [3.05, 3.63) is 29.8 Å². The summed E-state index contributed by atoms with van der Waals surface area (Å²) >= 11 is 0. The largest absolute Gasteiger partial charge is 0.487 e. The first kappa shape index (κ1) is 23.8. The molecule has 3 atom stereocenters. The van der Waals surface area contributed by atoms with Gasteiger partial charge in [-0.2, -0.15) is 4.31 Å². The van der Waals surface area contributed by atoms with Gasteiger partial charge in [0.25, 0.3) is 0 Å². The van der Waals surface area contributed by atoms with Gasteiger partial charge in [-0.05, 0) is 49.5 Å². The quantitative estimate of drug-likeness (QED) is 0.720. The minimum absolute atomic E-state index is 0.0103. The molecule has 0 saturated carbocycles. The van der Waals surface area contributed by atoms with Crippen molar-refractivity contribution >= 4 is 21.5 Å². The van der Waals surface area contributed by atoms with Crippen LogP contribution in [0.2, 0.25) is 0 Å². The highest BCUT2D eigenvalue weighted by Crippen LogP contribution is 2.37. The monoisotopic (exact) mass is 450 g/mol. The number of carbonyl (C=O) groups is 1. The standard InChI is InChI=1S/C23H34N2O5S/c1-5-23(27)24(4)14-21-16(2)13-25(17(3)15-26)31(28,29)22-11-10-19(12-20(22)30-21)18-8-6-7-9-18/h8,10-12,16-17,21,26H,5-7,9,13-15H2,1-4H3/t16-,17-,21-/m0/s1. The molecule has 1 aromatic rings. The molecule has 1 aromatic carbocycles. The number of sulfonamides is 1. The zero-order valence-corrected chi connectivity index (χ0v) is 19.7. The highest BCUT2D eigenvalue weighted by molar-refractivity contribution is 7.89. The maximum absolute atomic E-state index is 13.5. The molecule has 7 nitrogen and oxygen atoms in total. The van der Waals surface area contributed by atoms with Gasteiger partial charge in [0.2, 0.25) is 15.9 Å². The molecular weight excluding hydrogens is 416 g/mol. The first-order valence-corrected chi connectivity index (χ1v) is 12.5. The summed E-state index contributed by atoms with van der Waals surface area (Å²) in [5.74, 6) is 0.142. The van der Waals surface area contributed by atoms with Crippen molar-refractivity contribution in [1.29, 1.82) is 0 Å². The first-order chi connectivity index (χ1) is 14.7. The molecule has 1 amide bonds. The summed E-state index contributed by atoms with van der Waals surface area (Å²) in [5, 5.41) is 9.72. The summed E-state index contributed by atoms with van der Waals surface area (Å²) < 4.78 is 34.7. The summed E-state index contributed by atoms with van der Waals surface area (Å²) in [5.41, 5.74) is 2.17. The van der Waals surface area contributed by atoms with Gasteiger partial charge in [-0.25, -0.2) is 8.42 Å². The number of rotatable bonds is 6. The number of hydrogen-bond acceptors (Lipinski definition) is 5. The summed E-state index contributed by atoms with van der Waals surface area (Å²) in [6.45, 7) is 5.74. The van der Waals surface area contributed by atoms with E-state index < -0.39 is 16.1 Å². The van der Waals surface area contributed by atoms with Gasteiger partial charge in [0.05, 0.1) is 13.2 Å². The molecule has 31 heavy (non-hydrogen) atoms. The van der Waals surface area contributed by atoms with Crippen molar-refractivity contribution in [2.24, 2.45) is 5.92 Å². The fraction of sp³-hybridized carbons (Fsp3) is 0.609. The summed E-state index contributed by atoms with van der Waals surface area (Å²) in [4.78, 5) is 13.9. The third-order valence-electron chi connectivity index (χ3n) is 6.26. The topological polar surface area (TPSA) is 87.2 Å². The number of aliphatic hydroxyl groups excluding tert-OH is 1. The zero-order valence-electron chi connectivity index (χ0n) is 18.9. The van der Waals surface area contributed by atoms with Crippen molar-refractivity contribution in [1.82, 2.24) is 9.21 Å². The molecule has 1 aliphatic carbocycles. The number of ether oxygens (including phenoxy) is 1. The predicted octanol–water partition coefficient (Wildman–Crippen LogP) is 2.89. The highest BCUT2D eigenvalue weighted by atomic mass is 32.2. The summed E-state index contributed by atoms with van der Waals surface area (Å²) in [6, 6.07) is 4.71. The van der Waals surface area contributed by atoms with E-state index in [0.717, 1.165) is 24.8 Å². The van der Waals surface area contributed by atoms with Crippen molar-refractivity contribution in [3.63, 3.8) is 0 Å². The Morgan fingerprint density at radius 1 is 1.39 bits per heavy atom. The molecule has 172 valence electrons. The van der Waals surface area contributed by atoms with E-state index in [1.54, 1.807) is 24.9 Å². The van der Waals surface area contributed by atoms with Gasteiger partial charge >= 0.3 is 0 Å². The van der Waals surface area contributed by atoms with Crippen LogP contribution in [0.3, 0.4) is 0 Å². The molecule has 0 bridgehead atoms. The van der Waals surface area contributed by atoms with Crippen LogP contribution in [0, 0.1) is 5.92 Å². The fourth-order valence-corrected chi connectivity index (χ4v) is 6.04. The van der Waals surface area contributed by atoms with Gasteiger partial charge in [0.1, 0.15) is 16.7 Å². The summed E-state index contributed by atoms with van der Waals surface area (Å²) in [6.07, 6.45) is 5.29. The molecule has 0 unspecified atom stereocenters. The minimum atomic E-state index is -3.85. The number of allylic oxidation sites excluding steroid dienone is 2. The van der Waals surface area contributed by atoms with Crippen LogP contribution in [0.5, 0.6) is 5.75 Å². The van der Waals surface area contributed by atoms with E-state index >= 15 is 0 Å². The van der Waals surface area contributed by atoms with Crippen LogP contribution < -0.4 is 4.74 Å². The molecule has 1 aliphatic heterocycles. The van der Waals surface area contributed by atoms with E-state index in [4.69, 9.17) is 4.74 Å². The van der Waals surface area contributed by atoms with Gasteiger partial charge in [-0.3, -0.25) is 4.79 Å². The van der Waals surface area contributed by atoms with Crippen LogP contribution >= 0.6 is 0 Å². The van der Waals surface area contributed by atoms with Gasteiger partial charge in [0, 0.05) is 32.0 Å². The number of hydrogen-bond donors (Lipinski definition) is 1. The second kappa shape index (κ2) is 9.71. The molecule has 0 aromatic heterocycles. The van der Waals surface area contributed by atoms with Crippen LogP contribution in [0.1, 0.15) is 52.0 Å². The lowest BCUT2D eigenvalue weighted by Crippen LogP contribution is -2.50. The smallest absolute Gasteiger partial charge is 0.247 e. The first-order valence-electron chi connectivity index (χ1n) is 11.1. The van der Waals surface area contributed by atoms with Crippen LogP contribution in [0.4, 0.5) is 0 Å². The Labute approximate surface area is 185 Å². The normalized spacial score (nSPS) is 24.4. The van der Waals surface area contributed by atoms with E-state index in [0.29, 0.717) is 18.7 Å². The zero-order chi connectivity index (χ0) is 22.8. The van der Waals surface area contributed by atoms with E-state index in [2.05, 4.69) is 6.08 Å². The number of likely N-dealkylation sites (N-methyl/N-ethyl adjacent to an activating group) is 1. The van der Waals surface area contributed by atoms with Crippen LogP contribution in [0.25, 0.3) is 5.57 Å². The lowest BCUT2D eigenvalue weighted by Gasteiger charge is -2.37. The number of aliphatic hydroxyl groups is 1. The van der Waals surface area contributed by atoms with Gasteiger partial charge < -0.3 is 14.7 Å². The molecular formula is C23H34N2O5S. The van der Waals surface area contributed by atoms with Crippen molar-refractivity contribution in [2.45, 2.75) is 63.5 Å². The molecule has 0 saturated heterocycles. The van der Waals surface area contributed by atoms with Crippen molar-refractivity contribution < 1.29 is 23.1 Å². The Balaban J connectivity index is 2.07. The van der Waals surface area contributed by atoms with E-state index in [1.165, 1.54) is 9.88 Å². The lowest BCUT2D eigenvalue weighted by atomic mass is 10.0. The third-order valence-corrected chi connectivity index (χ3v) is 8.28. The molecule has 2 aliphatic rings. The Bertz CT molecular complexity index is 943. The Morgan fingerprint density at radius 3 is 2.74 bits per heavy atom. The van der Waals surface area contributed by atoms with E-state index in [9.17, 15) is 18.3 Å². The number of nitrogens with zero attached hydrogens (tertiary/aromatic N) is 2. The van der Waals surface area contributed by atoms with Crippen LogP contribution in [-0.2, 0) is 14.8 Å². The van der Waals surface area contributed by atoms with E-state index in [-0.39, 0.29) is 36.0 Å². The molecule has 8 heteroatoms. The molecule has 0 spiro atoms. The van der Waals surface area contributed by atoms with Gasteiger partial charge in [-0.15, -0.1) is 0 Å². The number of benzene rings is 1. The van der Waals surface area contributed by atoms with E-state index in [1.807, 2.05) is 26.0 Å². The van der Waals surface area contributed by atoms with Gasteiger partial charge in [0.15, 0.2) is 0 Å². The average molecular weight is 451 g/mol. The molecule has 0 radical (unpaired) electrons. The van der Waals surface area contributed by atoms with Crippen LogP contribution in [-0.4, -0.2) is 67.5 Å². The SMILES string of the molecule is CCC(=O)N(C)C[C@@H]1Oc2cc(C3=CCCC3)ccc2S(=O)(=O)N([C@@H](C)CO)C[C@@H]1C. The number of carbonyl (C=O) groups excluding carboxylic acids is 1. The maximum atomic E-state index is 13.5. The fourth-order valence-electron chi connectivity index (χ4n) is 4.22. The second-order valence-corrected chi connectivity index (χ2v) is 10.5. The minimum Gasteiger partial charge on any atom is -0.487 e. The second-order valence-electron chi connectivity index (χ2n) is 8.65. The Kier molecular flexibility index (Phi) is 7.44. The number of fused-ring (bicyclic) bond motifs is 1. The Hall–Kier alpha value is -1.90. The molecule has 1 N–H and O–H groups in total. The Morgan fingerprint density at radius 2 is 2.13 bits per heavy atom. The lowest BCUT2D eigenvalue weighted by molar-refractivity contribution is -0.131. The van der Waals surface area contributed by atoms with Crippen molar-refractivity contribution in [2.75, 3.05) is 26.7 Å². The van der Waals surface area contributed by atoms with Gasteiger partial charge in [-0.1, -0.05) is 26.0 Å². The molecule has 3 rings (SSSR count). The molecule has 0 fully saturated rings. The number of amides is 1. The maximum Gasteiger partial charge on any atom is 0.247 e. The predicted molar refractivity (Wildman–Crippen MR) is 120 cm³/mol. The highest BCUT2D eigenvalue weighted by Gasteiger charge is 2.38. The van der Waals surface area contributed by atoms with Crippen molar-refractivity contribution in [3.8, 4) is 5.75 Å².